The standard InChI is InChI=1S/C29H28N2O5/c1-15(2)14-36-29(35)17-3-7-18(8-4-17)30-26(32)16-5-9-19(10-6-16)31-27(33)24-20-11-12-21(23-13-22(20)23)25(24)28(31)34/h3-12,15,20-25H,13-14H2,1-2H3,(H,30,32). The summed E-state index contributed by atoms with van der Waals surface area (Å²) in [5.74, 6) is 0.290. The number of nitrogens with zero attached hydrogens (tertiary/aromatic N) is 1. The lowest BCUT2D eigenvalue weighted by molar-refractivity contribution is -0.124. The first kappa shape index (κ1) is 22.7. The molecular weight excluding hydrogens is 456 g/mol. The zero-order chi connectivity index (χ0) is 25.1. The van der Waals surface area contributed by atoms with Crippen LogP contribution in [0.5, 0.6) is 0 Å². The Bertz CT molecular complexity index is 1240. The van der Waals surface area contributed by atoms with E-state index in [2.05, 4.69) is 17.5 Å². The monoisotopic (exact) mass is 484 g/mol. The van der Waals surface area contributed by atoms with Crippen molar-refractivity contribution in [3.8, 4) is 0 Å². The van der Waals surface area contributed by atoms with Crippen molar-refractivity contribution >= 4 is 35.1 Å². The number of esters is 1. The van der Waals surface area contributed by atoms with Gasteiger partial charge in [0.1, 0.15) is 0 Å². The molecule has 2 saturated carbocycles. The molecule has 2 aromatic carbocycles. The second kappa shape index (κ2) is 8.43. The maximum atomic E-state index is 13.3. The van der Waals surface area contributed by atoms with Crippen LogP contribution in [0.2, 0.25) is 0 Å². The molecule has 6 unspecified atom stereocenters. The Hall–Kier alpha value is -3.74. The quantitative estimate of drug-likeness (QED) is 0.375. The van der Waals surface area contributed by atoms with E-state index in [1.165, 1.54) is 4.90 Å². The summed E-state index contributed by atoms with van der Waals surface area (Å²) in [6, 6.07) is 13.1. The minimum absolute atomic E-state index is 0.112. The second-order valence-electron chi connectivity index (χ2n) is 10.7. The molecular formula is C29H28N2O5. The smallest absolute Gasteiger partial charge is 0.338 e. The fraction of sp³-hybridized carbons (Fsp3) is 0.379. The largest absolute Gasteiger partial charge is 0.462 e. The third kappa shape index (κ3) is 3.65. The van der Waals surface area contributed by atoms with Gasteiger partial charge in [-0.2, -0.15) is 0 Å². The Labute approximate surface area is 209 Å². The molecule has 1 saturated heterocycles. The van der Waals surface area contributed by atoms with E-state index in [0.29, 0.717) is 40.9 Å². The van der Waals surface area contributed by atoms with Crippen molar-refractivity contribution in [3.63, 3.8) is 0 Å². The Morgan fingerprint density at radius 2 is 1.44 bits per heavy atom. The van der Waals surface area contributed by atoms with Gasteiger partial charge in [-0.1, -0.05) is 26.0 Å². The van der Waals surface area contributed by atoms with Crippen LogP contribution < -0.4 is 10.2 Å². The van der Waals surface area contributed by atoms with Crippen molar-refractivity contribution in [3.05, 3.63) is 71.8 Å². The first-order valence-corrected chi connectivity index (χ1v) is 12.6. The normalized spacial score (nSPS) is 29.2. The minimum Gasteiger partial charge on any atom is -0.462 e. The SMILES string of the molecule is CC(C)COC(=O)c1ccc(NC(=O)c2ccc(N3C(=O)C4C5C=CC(C6CC56)C4C3=O)cc2)cc1. The van der Waals surface area contributed by atoms with Gasteiger partial charge in [0.2, 0.25) is 11.8 Å². The van der Waals surface area contributed by atoms with E-state index in [4.69, 9.17) is 4.74 Å². The first-order valence-electron chi connectivity index (χ1n) is 12.6. The Kier molecular flexibility index (Phi) is 5.32. The van der Waals surface area contributed by atoms with Crippen LogP contribution in [0.3, 0.4) is 0 Å². The average Bonchev–Trinajstić information content (AvgIpc) is 3.66. The first-order chi connectivity index (χ1) is 17.3. The summed E-state index contributed by atoms with van der Waals surface area (Å²) in [4.78, 5) is 52.7. The molecule has 36 heavy (non-hydrogen) atoms. The summed E-state index contributed by atoms with van der Waals surface area (Å²) in [5, 5.41) is 2.80. The molecule has 2 bridgehead atoms. The van der Waals surface area contributed by atoms with E-state index in [9.17, 15) is 19.2 Å². The number of hydrogen-bond acceptors (Lipinski definition) is 5. The molecule has 7 heteroatoms. The Morgan fingerprint density at radius 3 is 2.00 bits per heavy atom. The molecule has 3 amide bonds. The summed E-state index contributed by atoms with van der Waals surface area (Å²) in [6.07, 6.45) is 5.44. The van der Waals surface area contributed by atoms with Gasteiger partial charge >= 0.3 is 5.97 Å². The van der Waals surface area contributed by atoms with Crippen molar-refractivity contribution < 1.29 is 23.9 Å². The van der Waals surface area contributed by atoms with Crippen molar-refractivity contribution in [2.75, 3.05) is 16.8 Å². The lowest BCUT2D eigenvalue weighted by atomic mass is 9.63. The Morgan fingerprint density at radius 1 is 0.889 bits per heavy atom. The van der Waals surface area contributed by atoms with Crippen LogP contribution in [0, 0.1) is 41.4 Å². The third-order valence-corrected chi connectivity index (χ3v) is 7.98. The number of rotatable bonds is 6. The predicted molar refractivity (Wildman–Crippen MR) is 133 cm³/mol. The molecule has 1 heterocycles. The molecule has 7 rings (SSSR count). The van der Waals surface area contributed by atoms with Gasteiger partial charge in [0.25, 0.3) is 5.91 Å². The number of imide groups is 1. The third-order valence-electron chi connectivity index (χ3n) is 7.98. The summed E-state index contributed by atoms with van der Waals surface area (Å²) >= 11 is 0. The van der Waals surface area contributed by atoms with E-state index in [0.717, 1.165) is 6.42 Å². The summed E-state index contributed by atoms with van der Waals surface area (Å²) < 4.78 is 5.22. The van der Waals surface area contributed by atoms with Crippen molar-refractivity contribution in [2.45, 2.75) is 20.3 Å². The van der Waals surface area contributed by atoms with E-state index in [1.807, 2.05) is 13.8 Å². The highest BCUT2D eigenvalue weighted by atomic mass is 16.5. The van der Waals surface area contributed by atoms with Gasteiger partial charge in [-0.05, 0) is 84.5 Å². The van der Waals surface area contributed by atoms with E-state index in [1.54, 1.807) is 48.5 Å². The van der Waals surface area contributed by atoms with Gasteiger partial charge in [0.05, 0.1) is 29.7 Å². The molecule has 5 aliphatic rings. The van der Waals surface area contributed by atoms with Crippen molar-refractivity contribution in [1.29, 1.82) is 0 Å². The van der Waals surface area contributed by atoms with Gasteiger partial charge in [-0.3, -0.25) is 19.3 Å². The zero-order valence-corrected chi connectivity index (χ0v) is 20.2. The number of carbonyl (C=O) groups is 4. The number of nitrogens with one attached hydrogen (secondary N) is 1. The average molecular weight is 485 g/mol. The molecule has 184 valence electrons. The molecule has 7 nitrogen and oxygen atoms in total. The molecule has 1 N–H and O–H groups in total. The van der Waals surface area contributed by atoms with E-state index in [-0.39, 0.29) is 47.3 Å². The van der Waals surface area contributed by atoms with Crippen LogP contribution in [0.25, 0.3) is 0 Å². The molecule has 0 spiro atoms. The number of benzene rings is 2. The molecule has 6 atom stereocenters. The predicted octanol–water partition coefficient (Wildman–Crippen LogP) is 4.31. The molecule has 3 fully saturated rings. The number of anilines is 2. The number of allylic oxidation sites excluding steroid dienone is 2. The number of hydrogen-bond donors (Lipinski definition) is 1. The van der Waals surface area contributed by atoms with Crippen LogP contribution >= 0.6 is 0 Å². The number of carbonyl (C=O) groups excluding carboxylic acids is 4. The number of amides is 3. The van der Waals surface area contributed by atoms with Gasteiger partial charge in [0.15, 0.2) is 0 Å². The van der Waals surface area contributed by atoms with Gasteiger partial charge in [-0.25, -0.2) is 4.79 Å². The van der Waals surface area contributed by atoms with Crippen LogP contribution in [-0.2, 0) is 14.3 Å². The van der Waals surface area contributed by atoms with Crippen LogP contribution in [0.15, 0.2) is 60.7 Å². The maximum Gasteiger partial charge on any atom is 0.338 e. The zero-order valence-electron chi connectivity index (χ0n) is 20.2. The summed E-state index contributed by atoms with van der Waals surface area (Å²) in [7, 11) is 0. The fourth-order valence-corrected chi connectivity index (χ4v) is 6.19. The fourth-order valence-electron chi connectivity index (χ4n) is 6.19. The van der Waals surface area contributed by atoms with E-state index < -0.39 is 5.97 Å². The summed E-state index contributed by atoms with van der Waals surface area (Å²) in [5.41, 5.74) is 1.87. The highest BCUT2D eigenvalue weighted by molar-refractivity contribution is 6.22. The maximum absolute atomic E-state index is 13.3. The minimum atomic E-state index is -0.399. The van der Waals surface area contributed by atoms with Crippen LogP contribution in [-0.4, -0.2) is 30.3 Å². The molecule has 4 aliphatic carbocycles. The second-order valence-corrected chi connectivity index (χ2v) is 10.7. The molecule has 0 radical (unpaired) electrons. The topological polar surface area (TPSA) is 92.8 Å². The van der Waals surface area contributed by atoms with Crippen LogP contribution in [0.1, 0.15) is 41.0 Å². The van der Waals surface area contributed by atoms with Crippen molar-refractivity contribution in [1.82, 2.24) is 0 Å². The highest BCUT2D eigenvalue weighted by Crippen LogP contribution is 2.65. The Balaban J connectivity index is 1.12. The summed E-state index contributed by atoms with van der Waals surface area (Å²) in [6.45, 7) is 4.28. The van der Waals surface area contributed by atoms with Crippen LogP contribution in [0.4, 0.5) is 11.4 Å². The lowest BCUT2D eigenvalue weighted by Crippen LogP contribution is -2.40. The van der Waals surface area contributed by atoms with Gasteiger partial charge in [0, 0.05) is 11.3 Å². The molecule has 0 aromatic heterocycles. The lowest BCUT2D eigenvalue weighted by Gasteiger charge is -2.37. The van der Waals surface area contributed by atoms with Gasteiger partial charge in [-0.15, -0.1) is 0 Å². The van der Waals surface area contributed by atoms with Gasteiger partial charge < -0.3 is 10.1 Å². The van der Waals surface area contributed by atoms with Crippen molar-refractivity contribution in [2.24, 2.45) is 41.4 Å². The molecule has 1 aliphatic heterocycles. The van der Waals surface area contributed by atoms with E-state index >= 15 is 0 Å². The highest BCUT2D eigenvalue weighted by Gasteiger charge is 2.67. The number of ether oxygens (including phenoxy) is 1. The molecule has 2 aromatic rings.